The highest BCUT2D eigenvalue weighted by Gasteiger charge is 2.31. The van der Waals surface area contributed by atoms with Crippen LogP contribution in [0.25, 0.3) is 0 Å². The average Bonchev–Trinajstić information content (AvgIpc) is 3.18. The van der Waals surface area contributed by atoms with Crippen molar-refractivity contribution in [2.45, 2.75) is 43.0 Å². The lowest BCUT2D eigenvalue weighted by molar-refractivity contribution is -0.118. The van der Waals surface area contributed by atoms with Crippen LogP contribution in [0.2, 0.25) is 0 Å². The zero-order valence-corrected chi connectivity index (χ0v) is 17.4. The third-order valence-electron chi connectivity index (χ3n) is 5.63. The van der Waals surface area contributed by atoms with Crippen LogP contribution in [0, 0.1) is 0 Å². The number of sulfone groups is 1. The van der Waals surface area contributed by atoms with Gasteiger partial charge in [-0.3, -0.25) is 4.79 Å². The summed E-state index contributed by atoms with van der Waals surface area (Å²) in [5, 5.41) is 3.14. The number of aromatic nitrogens is 2. The molecule has 1 saturated carbocycles. The third-order valence-corrected chi connectivity index (χ3v) is 6.76. The van der Waals surface area contributed by atoms with Crippen LogP contribution in [0.1, 0.15) is 32.1 Å². The molecule has 2 aromatic rings. The van der Waals surface area contributed by atoms with Crippen LogP contribution in [0.3, 0.4) is 0 Å². The monoisotopic (exact) mass is 415 g/mol. The van der Waals surface area contributed by atoms with Gasteiger partial charge in [0.05, 0.1) is 11.1 Å². The van der Waals surface area contributed by atoms with Crippen molar-refractivity contribution in [1.82, 2.24) is 9.97 Å². The normalized spacial score (nSPS) is 17.9. The second-order valence-corrected chi connectivity index (χ2v) is 9.67. The van der Waals surface area contributed by atoms with Crippen LogP contribution in [0.15, 0.2) is 35.4 Å². The fourth-order valence-corrected chi connectivity index (χ4v) is 4.62. The first-order chi connectivity index (χ1) is 13.8. The lowest BCUT2D eigenvalue weighted by Gasteiger charge is -2.30. The highest BCUT2D eigenvalue weighted by molar-refractivity contribution is 7.90. The Morgan fingerprint density at radius 3 is 2.48 bits per heavy atom. The number of hydrogen-bond acceptors (Lipinski definition) is 7. The van der Waals surface area contributed by atoms with E-state index < -0.39 is 9.84 Å². The minimum Gasteiger partial charge on any atom is -0.351 e. The van der Waals surface area contributed by atoms with Crippen LogP contribution in [0.5, 0.6) is 0 Å². The Kier molecular flexibility index (Phi) is 5.16. The molecule has 1 aromatic carbocycles. The number of benzene rings is 1. The molecule has 1 aliphatic carbocycles. The summed E-state index contributed by atoms with van der Waals surface area (Å²) in [5.74, 6) is 1.25. The van der Waals surface area contributed by atoms with Crippen molar-refractivity contribution in [2.24, 2.45) is 0 Å². The van der Waals surface area contributed by atoms with Crippen LogP contribution in [-0.2, 0) is 14.6 Å². The number of hydrogen-bond donors (Lipinski definition) is 1. The summed E-state index contributed by atoms with van der Waals surface area (Å²) < 4.78 is 23.3. The van der Waals surface area contributed by atoms with Crippen molar-refractivity contribution in [1.29, 1.82) is 0 Å². The molecule has 4 rings (SSSR count). The Hall–Kier alpha value is -2.68. The SMILES string of the molecule is CN1C(=O)CCN(C2CCCC2)c2nc(Nc3ccc(S(C)(=O)=O)cc3)ncc21. The first-order valence-electron chi connectivity index (χ1n) is 9.80. The van der Waals surface area contributed by atoms with E-state index in [0.29, 0.717) is 30.6 Å². The number of anilines is 4. The van der Waals surface area contributed by atoms with Crippen LogP contribution < -0.4 is 15.1 Å². The molecule has 2 aliphatic rings. The lowest BCUT2D eigenvalue weighted by atomic mass is 10.2. The molecule has 1 amide bonds. The molecular weight excluding hydrogens is 390 g/mol. The van der Waals surface area contributed by atoms with Gasteiger partial charge in [-0.1, -0.05) is 12.8 Å². The molecule has 1 aromatic heterocycles. The summed E-state index contributed by atoms with van der Waals surface area (Å²) in [5.41, 5.74) is 1.42. The average molecular weight is 416 g/mol. The van der Waals surface area contributed by atoms with E-state index in [-0.39, 0.29) is 10.8 Å². The van der Waals surface area contributed by atoms with Gasteiger partial charge >= 0.3 is 0 Å². The molecule has 0 radical (unpaired) electrons. The maximum Gasteiger partial charge on any atom is 0.229 e. The molecule has 8 nitrogen and oxygen atoms in total. The lowest BCUT2D eigenvalue weighted by Crippen LogP contribution is -2.34. The summed E-state index contributed by atoms with van der Waals surface area (Å²) in [4.78, 5) is 25.7. The Labute approximate surface area is 170 Å². The first-order valence-corrected chi connectivity index (χ1v) is 11.7. The predicted molar refractivity (Wildman–Crippen MR) is 112 cm³/mol. The van der Waals surface area contributed by atoms with E-state index in [1.165, 1.54) is 19.1 Å². The molecule has 0 atom stereocenters. The van der Waals surface area contributed by atoms with Crippen molar-refractivity contribution in [3.05, 3.63) is 30.5 Å². The fraction of sp³-hybridized carbons (Fsp3) is 0.450. The summed E-state index contributed by atoms with van der Waals surface area (Å²) >= 11 is 0. The van der Waals surface area contributed by atoms with Crippen LogP contribution in [-0.4, -0.2) is 50.2 Å². The van der Waals surface area contributed by atoms with Gasteiger partial charge in [0, 0.05) is 38.0 Å². The highest BCUT2D eigenvalue weighted by atomic mass is 32.2. The van der Waals surface area contributed by atoms with E-state index in [4.69, 9.17) is 4.98 Å². The van der Waals surface area contributed by atoms with E-state index in [1.807, 2.05) is 0 Å². The molecule has 9 heteroatoms. The summed E-state index contributed by atoms with van der Waals surface area (Å²) in [6.07, 6.45) is 7.93. The Morgan fingerprint density at radius 1 is 1.14 bits per heavy atom. The van der Waals surface area contributed by atoms with Crippen LogP contribution >= 0.6 is 0 Å². The molecule has 0 spiro atoms. The number of amides is 1. The maximum absolute atomic E-state index is 12.4. The zero-order valence-electron chi connectivity index (χ0n) is 16.6. The number of carbonyl (C=O) groups is 1. The van der Waals surface area contributed by atoms with Gasteiger partial charge in [-0.25, -0.2) is 13.4 Å². The van der Waals surface area contributed by atoms with Gasteiger partial charge in [-0.05, 0) is 37.1 Å². The molecule has 1 fully saturated rings. The number of fused-ring (bicyclic) bond motifs is 1. The number of rotatable bonds is 4. The second-order valence-electron chi connectivity index (χ2n) is 7.66. The first kappa shape index (κ1) is 19.6. The van der Waals surface area contributed by atoms with Crippen molar-refractivity contribution in [2.75, 3.05) is 35.0 Å². The molecule has 0 unspecified atom stereocenters. The van der Waals surface area contributed by atoms with Gasteiger partial charge < -0.3 is 15.1 Å². The molecule has 1 aliphatic heterocycles. The van der Waals surface area contributed by atoms with E-state index in [9.17, 15) is 13.2 Å². The minimum atomic E-state index is -3.24. The van der Waals surface area contributed by atoms with Crippen molar-refractivity contribution in [3.63, 3.8) is 0 Å². The van der Waals surface area contributed by atoms with Gasteiger partial charge in [-0.15, -0.1) is 0 Å². The Morgan fingerprint density at radius 2 is 1.83 bits per heavy atom. The summed E-state index contributed by atoms with van der Waals surface area (Å²) in [7, 11) is -1.48. The topological polar surface area (TPSA) is 95.5 Å². The molecule has 29 heavy (non-hydrogen) atoms. The largest absolute Gasteiger partial charge is 0.351 e. The molecule has 1 N–H and O–H groups in total. The van der Waals surface area contributed by atoms with Gasteiger partial charge in [0.15, 0.2) is 15.7 Å². The molecule has 0 bridgehead atoms. The van der Waals surface area contributed by atoms with Crippen LogP contribution in [0.4, 0.5) is 23.1 Å². The van der Waals surface area contributed by atoms with Crippen molar-refractivity contribution < 1.29 is 13.2 Å². The fourth-order valence-electron chi connectivity index (χ4n) is 3.98. The maximum atomic E-state index is 12.4. The van der Waals surface area contributed by atoms with E-state index in [0.717, 1.165) is 24.3 Å². The third kappa shape index (κ3) is 4.05. The zero-order chi connectivity index (χ0) is 20.6. The minimum absolute atomic E-state index is 0.0624. The molecule has 2 heterocycles. The van der Waals surface area contributed by atoms with Crippen molar-refractivity contribution in [3.8, 4) is 0 Å². The predicted octanol–water partition coefficient (Wildman–Crippen LogP) is 2.74. The number of nitrogens with zero attached hydrogens (tertiary/aromatic N) is 4. The summed E-state index contributed by atoms with van der Waals surface area (Å²) in [6.45, 7) is 0.653. The second kappa shape index (κ2) is 7.62. The van der Waals surface area contributed by atoms with Gasteiger partial charge in [0.25, 0.3) is 0 Å². The Balaban J connectivity index is 1.65. The number of carbonyl (C=O) groups excluding carboxylic acids is 1. The van der Waals surface area contributed by atoms with Gasteiger partial charge in [0.2, 0.25) is 11.9 Å². The Bertz CT molecular complexity index is 1020. The number of nitrogens with one attached hydrogen (secondary N) is 1. The van der Waals surface area contributed by atoms with Gasteiger partial charge in [-0.2, -0.15) is 4.98 Å². The van der Waals surface area contributed by atoms with E-state index in [2.05, 4.69) is 15.2 Å². The summed E-state index contributed by atoms with van der Waals surface area (Å²) in [6, 6.07) is 6.88. The molecular formula is C20H25N5O3S. The standard InChI is InChI=1S/C20H25N5O3S/c1-24-17-13-21-20(22-14-7-9-16(10-8-14)29(2,27)28)23-19(17)25(12-11-18(24)26)15-5-3-4-6-15/h7-10,13,15H,3-6,11-12H2,1-2H3,(H,21,22,23). The molecule has 154 valence electrons. The quantitative estimate of drug-likeness (QED) is 0.820. The van der Waals surface area contributed by atoms with Gasteiger partial charge in [0.1, 0.15) is 5.69 Å². The molecule has 0 saturated heterocycles. The van der Waals surface area contributed by atoms with E-state index in [1.54, 1.807) is 42.4 Å². The van der Waals surface area contributed by atoms with E-state index >= 15 is 0 Å². The smallest absolute Gasteiger partial charge is 0.229 e. The van der Waals surface area contributed by atoms with Crippen molar-refractivity contribution >= 4 is 38.9 Å². The highest BCUT2D eigenvalue weighted by Crippen LogP contribution is 2.36.